The van der Waals surface area contributed by atoms with Crippen molar-refractivity contribution < 1.29 is 0 Å². The van der Waals surface area contributed by atoms with Crippen molar-refractivity contribution in [1.29, 1.82) is 0 Å². The van der Waals surface area contributed by atoms with Gasteiger partial charge in [-0.3, -0.25) is 0 Å². The summed E-state index contributed by atoms with van der Waals surface area (Å²) in [5.41, 5.74) is 7.46. The van der Waals surface area contributed by atoms with Gasteiger partial charge in [-0.2, -0.15) is 0 Å². The lowest BCUT2D eigenvalue weighted by atomic mass is 10.1. The van der Waals surface area contributed by atoms with E-state index in [1.807, 2.05) is 6.07 Å². The number of nitrogens with two attached hydrogens (primary N) is 1. The van der Waals surface area contributed by atoms with Crippen LogP contribution in [0.2, 0.25) is 0 Å². The average molecular weight is 256 g/mol. The fourth-order valence-electron chi connectivity index (χ4n) is 1.80. The van der Waals surface area contributed by atoms with E-state index in [0.29, 0.717) is 11.1 Å². The molecule has 1 fully saturated rings. The molecule has 2 aromatic heterocycles. The smallest absolute Gasteiger partial charge is 0.220 e. The molecular weight excluding hydrogens is 240 g/mol. The summed E-state index contributed by atoms with van der Waals surface area (Å²) < 4.78 is 0. The molecule has 3 N–H and O–H groups in total. The zero-order valence-electron chi connectivity index (χ0n) is 10.8. The minimum absolute atomic E-state index is 0.246. The van der Waals surface area contributed by atoms with Gasteiger partial charge in [0, 0.05) is 18.8 Å². The van der Waals surface area contributed by atoms with Crippen molar-refractivity contribution in [2.24, 2.45) is 5.41 Å². The molecule has 98 valence electrons. The molecule has 0 unspecified atom stereocenters. The van der Waals surface area contributed by atoms with E-state index in [9.17, 15) is 0 Å². The predicted molar refractivity (Wildman–Crippen MR) is 73.3 cm³/mol. The Morgan fingerprint density at radius 3 is 2.84 bits per heavy atom. The summed E-state index contributed by atoms with van der Waals surface area (Å²) in [7, 11) is 0. The van der Waals surface area contributed by atoms with Gasteiger partial charge in [-0.25, -0.2) is 19.9 Å². The van der Waals surface area contributed by atoms with Crippen LogP contribution in [0.5, 0.6) is 0 Å². The second-order valence-corrected chi connectivity index (χ2v) is 5.25. The van der Waals surface area contributed by atoms with Gasteiger partial charge in [0.25, 0.3) is 0 Å². The molecule has 6 nitrogen and oxygen atoms in total. The van der Waals surface area contributed by atoms with Crippen LogP contribution < -0.4 is 11.1 Å². The first-order chi connectivity index (χ1) is 9.15. The maximum atomic E-state index is 5.58. The van der Waals surface area contributed by atoms with Gasteiger partial charge in [-0.05, 0) is 24.3 Å². The lowest BCUT2D eigenvalue weighted by molar-refractivity contribution is 0.609. The number of hydrogen-bond acceptors (Lipinski definition) is 6. The number of rotatable bonds is 4. The van der Waals surface area contributed by atoms with Crippen molar-refractivity contribution in [2.45, 2.75) is 19.8 Å². The molecule has 0 bridgehead atoms. The van der Waals surface area contributed by atoms with Crippen LogP contribution in [-0.2, 0) is 0 Å². The summed E-state index contributed by atoms with van der Waals surface area (Å²) in [5.74, 6) is 1.06. The lowest BCUT2D eigenvalue weighted by Gasteiger charge is -2.10. The average Bonchev–Trinajstić information content (AvgIpc) is 3.16. The van der Waals surface area contributed by atoms with Gasteiger partial charge < -0.3 is 11.1 Å². The van der Waals surface area contributed by atoms with E-state index in [4.69, 9.17) is 5.73 Å². The second kappa shape index (κ2) is 4.46. The first-order valence-corrected chi connectivity index (χ1v) is 6.29. The molecule has 0 aromatic carbocycles. The quantitative estimate of drug-likeness (QED) is 0.865. The van der Waals surface area contributed by atoms with Crippen LogP contribution in [0.4, 0.5) is 11.8 Å². The van der Waals surface area contributed by atoms with Crippen molar-refractivity contribution in [1.82, 2.24) is 19.9 Å². The highest BCUT2D eigenvalue weighted by Gasteiger charge is 2.36. The number of nitrogen functional groups attached to an aromatic ring is 1. The Kier molecular flexibility index (Phi) is 2.77. The number of anilines is 2. The normalized spacial score (nSPS) is 16.1. The highest BCUT2D eigenvalue weighted by molar-refractivity contribution is 5.58. The summed E-state index contributed by atoms with van der Waals surface area (Å²) in [6, 6.07) is 3.66. The Morgan fingerprint density at radius 1 is 1.26 bits per heavy atom. The summed E-state index contributed by atoms with van der Waals surface area (Å²) in [4.78, 5) is 16.5. The second-order valence-electron chi connectivity index (χ2n) is 5.25. The summed E-state index contributed by atoms with van der Waals surface area (Å²) in [6.45, 7) is 3.21. The van der Waals surface area contributed by atoms with Gasteiger partial charge in [0.15, 0.2) is 0 Å². The van der Waals surface area contributed by atoms with E-state index in [2.05, 4.69) is 32.2 Å². The van der Waals surface area contributed by atoms with Crippen molar-refractivity contribution in [3.8, 4) is 11.4 Å². The van der Waals surface area contributed by atoms with Gasteiger partial charge in [-0.15, -0.1) is 0 Å². The van der Waals surface area contributed by atoms with E-state index < -0.39 is 0 Å². The molecule has 0 radical (unpaired) electrons. The Balaban J connectivity index is 1.79. The Morgan fingerprint density at radius 2 is 2.11 bits per heavy atom. The zero-order chi connectivity index (χ0) is 13.3. The molecule has 2 aromatic rings. The van der Waals surface area contributed by atoms with Gasteiger partial charge in [0.2, 0.25) is 5.95 Å². The molecule has 0 spiro atoms. The minimum atomic E-state index is 0.246. The molecule has 1 aliphatic carbocycles. The van der Waals surface area contributed by atoms with E-state index in [1.165, 1.54) is 19.2 Å². The first-order valence-electron chi connectivity index (χ1n) is 6.29. The van der Waals surface area contributed by atoms with E-state index in [0.717, 1.165) is 18.1 Å². The van der Waals surface area contributed by atoms with Gasteiger partial charge in [0.05, 0.1) is 11.4 Å². The van der Waals surface area contributed by atoms with Crippen molar-refractivity contribution in [3.05, 3.63) is 24.7 Å². The molecule has 0 saturated heterocycles. The third-order valence-electron chi connectivity index (χ3n) is 3.40. The van der Waals surface area contributed by atoms with Crippen LogP contribution in [0.1, 0.15) is 19.8 Å². The SMILES string of the molecule is CC1(CNc2cc(-c3ccnc(N)n3)ncn2)CC1. The van der Waals surface area contributed by atoms with Crippen LogP contribution in [0.15, 0.2) is 24.7 Å². The third kappa shape index (κ3) is 2.78. The van der Waals surface area contributed by atoms with Crippen LogP contribution in [-0.4, -0.2) is 26.5 Å². The van der Waals surface area contributed by atoms with E-state index in [1.54, 1.807) is 12.3 Å². The zero-order valence-corrected chi connectivity index (χ0v) is 10.8. The molecule has 2 heterocycles. The first kappa shape index (κ1) is 11.8. The molecule has 1 saturated carbocycles. The van der Waals surface area contributed by atoms with Gasteiger partial charge in [-0.1, -0.05) is 6.92 Å². The Hall–Kier alpha value is -2.24. The standard InChI is InChI=1S/C13H16N6/c1-13(3-4-13)7-16-11-6-10(17-8-18-11)9-2-5-15-12(14)19-9/h2,5-6,8H,3-4,7H2,1H3,(H2,14,15,19)(H,16,17,18). The van der Waals surface area contributed by atoms with Crippen LogP contribution in [0, 0.1) is 5.41 Å². The summed E-state index contributed by atoms with van der Waals surface area (Å²) in [5, 5.41) is 3.35. The monoisotopic (exact) mass is 256 g/mol. The van der Waals surface area contributed by atoms with Crippen LogP contribution in [0.3, 0.4) is 0 Å². The minimum Gasteiger partial charge on any atom is -0.369 e. The molecule has 3 rings (SSSR count). The maximum Gasteiger partial charge on any atom is 0.220 e. The number of hydrogen-bond donors (Lipinski definition) is 2. The van der Waals surface area contributed by atoms with Gasteiger partial charge >= 0.3 is 0 Å². The maximum absolute atomic E-state index is 5.58. The predicted octanol–water partition coefficient (Wildman–Crippen LogP) is 1.73. The van der Waals surface area contributed by atoms with E-state index >= 15 is 0 Å². The Bertz CT molecular complexity index is 593. The lowest BCUT2D eigenvalue weighted by Crippen LogP contribution is -2.12. The largest absolute Gasteiger partial charge is 0.369 e. The molecule has 19 heavy (non-hydrogen) atoms. The van der Waals surface area contributed by atoms with Crippen molar-refractivity contribution in [2.75, 3.05) is 17.6 Å². The highest BCUT2D eigenvalue weighted by atomic mass is 15.0. The molecule has 0 aliphatic heterocycles. The topological polar surface area (TPSA) is 89.6 Å². The summed E-state index contributed by atoms with van der Waals surface area (Å²) in [6.07, 6.45) is 5.71. The number of aromatic nitrogens is 4. The molecule has 0 atom stereocenters. The van der Waals surface area contributed by atoms with Crippen molar-refractivity contribution >= 4 is 11.8 Å². The third-order valence-corrected chi connectivity index (χ3v) is 3.40. The van der Waals surface area contributed by atoms with Crippen molar-refractivity contribution in [3.63, 3.8) is 0 Å². The van der Waals surface area contributed by atoms with E-state index in [-0.39, 0.29) is 5.95 Å². The summed E-state index contributed by atoms with van der Waals surface area (Å²) >= 11 is 0. The molecular formula is C13H16N6. The molecule has 0 amide bonds. The highest BCUT2D eigenvalue weighted by Crippen LogP contribution is 2.44. The fourth-order valence-corrected chi connectivity index (χ4v) is 1.80. The van der Waals surface area contributed by atoms with Crippen LogP contribution in [0.25, 0.3) is 11.4 Å². The Labute approximate surface area is 111 Å². The number of nitrogens with zero attached hydrogens (tertiary/aromatic N) is 4. The number of nitrogens with one attached hydrogen (secondary N) is 1. The molecule has 1 aliphatic rings. The molecule has 6 heteroatoms. The van der Waals surface area contributed by atoms with Gasteiger partial charge in [0.1, 0.15) is 12.1 Å². The fraction of sp³-hybridized carbons (Fsp3) is 0.385. The van der Waals surface area contributed by atoms with Crippen LogP contribution >= 0.6 is 0 Å².